The number of carbonyl (C=O) groups is 1. The summed E-state index contributed by atoms with van der Waals surface area (Å²) in [4.78, 5) is 12.8. The molecule has 4 heteroatoms. The number of hydrogen-bond acceptors (Lipinski definition) is 4. The van der Waals surface area contributed by atoms with Crippen LogP contribution in [0.2, 0.25) is 0 Å². The third-order valence-electron chi connectivity index (χ3n) is 4.55. The number of aryl methyl sites for hydroxylation is 1. The summed E-state index contributed by atoms with van der Waals surface area (Å²) in [6.45, 7) is 2.01. The Balaban J connectivity index is 1.86. The minimum atomic E-state index is -0.982. The zero-order chi connectivity index (χ0) is 17.6. The number of aliphatic hydroxyl groups excluding tert-OH is 1. The van der Waals surface area contributed by atoms with Gasteiger partial charge < -0.3 is 15.5 Å². The smallest absolute Gasteiger partial charge is 0.197 e. The van der Waals surface area contributed by atoms with E-state index in [1.807, 2.05) is 31.2 Å². The molecule has 0 amide bonds. The lowest BCUT2D eigenvalue weighted by atomic mass is 9.81. The highest BCUT2D eigenvalue weighted by Crippen LogP contribution is 2.43. The molecule has 1 atom stereocenters. The minimum Gasteiger partial charge on any atom is -0.507 e. The van der Waals surface area contributed by atoms with E-state index in [4.69, 9.17) is 0 Å². The average Bonchev–Trinajstić information content (AvgIpc) is 2.63. The number of ketones is 1. The van der Waals surface area contributed by atoms with Crippen LogP contribution in [0, 0.1) is 6.92 Å². The number of fused-ring (bicyclic) bond motifs is 2. The highest BCUT2D eigenvalue weighted by molar-refractivity contribution is 6.15. The van der Waals surface area contributed by atoms with Crippen LogP contribution in [0.15, 0.2) is 60.7 Å². The van der Waals surface area contributed by atoms with Crippen molar-refractivity contribution in [3.8, 4) is 5.75 Å². The molecular formula is C21H17NO3. The quantitative estimate of drug-likeness (QED) is 0.619. The molecular weight excluding hydrogens is 314 g/mol. The maximum absolute atomic E-state index is 12.8. The Hall–Kier alpha value is -3.11. The van der Waals surface area contributed by atoms with Crippen molar-refractivity contribution in [3.05, 3.63) is 88.5 Å². The molecule has 0 saturated heterocycles. The lowest BCUT2D eigenvalue weighted by Gasteiger charge is -2.27. The third-order valence-corrected chi connectivity index (χ3v) is 4.55. The Morgan fingerprint density at radius 2 is 1.68 bits per heavy atom. The summed E-state index contributed by atoms with van der Waals surface area (Å²) in [6.07, 6.45) is -0.982. The number of rotatable bonds is 2. The summed E-state index contributed by atoms with van der Waals surface area (Å²) >= 11 is 0. The highest BCUT2D eigenvalue weighted by atomic mass is 16.3. The van der Waals surface area contributed by atoms with E-state index in [1.165, 1.54) is 6.07 Å². The van der Waals surface area contributed by atoms with E-state index >= 15 is 0 Å². The number of carbonyl (C=O) groups excluding carboxylic acids is 1. The zero-order valence-electron chi connectivity index (χ0n) is 13.7. The Morgan fingerprint density at radius 3 is 2.44 bits per heavy atom. The summed E-state index contributed by atoms with van der Waals surface area (Å²) in [5.41, 5.74) is 4.13. The van der Waals surface area contributed by atoms with Gasteiger partial charge in [0, 0.05) is 22.5 Å². The van der Waals surface area contributed by atoms with Crippen LogP contribution in [-0.4, -0.2) is 16.0 Å². The molecule has 1 aliphatic carbocycles. The monoisotopic (exact) mass is 331 g/mol. The van der Waals surface area contributed by atoms with E-state index in [1.54, 1.807) is 30.3 Å². The van der Waals surface area contributed by atoms with Crippen molar-refractivity contribution in [1.82, 2.24) is 0 Å². The largest absolute Gasteiger partial charge is 0.507 e. The SMILES string of the molecule is Cc1ccc(Nc2ccc(O)c3c2C(O)c2ccccc2C3=O)cc1. The van der Waals surface area contributed by atoms with Gasteiger partial charge in [-0.3, -0.25) is 4.79 Å². The molecule has 1 aliphatic rings. The van der Waals surface area contributed by atoms with Gasteiger partial charge in [0.05, 0.1) is 5.56 Å². The van der Waals surface area contributed by atoms with Crippen LogP contribution in [0.1, 0.15) is 38.7 Å². The maximum atomic E-state index is 12.8. The van der Waals surface area contributed by atoms with Crippen molar-refractivity contribution in [1.29, 1.82) is 0 Å². The van der Waals surface area contributed by atoms with Gasteiger partial charge in [-0.2, -0.15) is 0 Å². The zero-order valence-corrected chi connectivity index (χ0v) is 13.7. The standard InChI is InChI=1S/C21H17NO3/c1-12-6-8-13(9-7-12)22-16-10-11-17(23)19-18(16)20(24)14-4-2-3-5-15(14)21(19)25/h2-11,20,22-24H,1H3. The van der Waals surface area contributed by atoms with Crippen molar-refractivity contribution in [2.45, 2.75) is 13.0 Å². The average molecular weight is 331 g/mol. The second kappa shape index (κ2) is 5.76. The molecule has 4 nitrogen and oxygen atoms in total. The molecule has 0 aliphatic heterocycles. The van der Waals surface area contributed by atoms with Crippen LogP contribution in [0.3, 0.4) is 0 Å². The second-order valence-electron chi connectivity index (χ2n) is 6.23. The fraction of sp³-hybridized carbons (Fsp3) is 0.0952. The van der Waals surface area contributed by atoms with Gasteiger partial charge in [-0.1, -0.05) is 42.0 Å². The number of benzene rings is 3. The number of aliphatic hydroxyl groups is 1. The normalized spacial score (nSPS) is 15.4. The molecule has 3 aromatic rings. The molecule has 0 radical (unpaired) electrons. The van der Waals surface area contributed by atoms with Crippen molar-refractivity contribution in [3.63, 3.8) is 0 Å². The van der Waals surface area contributed by atoms with Crippen LogP contribution in [-0.2, 0) is 0 Å². The van der Waals surface area contributed by atoms with Gasteiger partial charge in [-0.15, -0.1) is 0 Å². The molecule has 0 fully saturated rings. The summed E-state index contributed by atoms with van der Waals surface area (Å²) in [5, 5.41) is 24.3. The number of nitrogens with one attached hydrogen (secondary N) is 1. The Bertz CT molecular complexity index is 977. The number of aromatic hydroxyl groups is 1. The van der Waals surface area contributed by atoms with Crippen LogP contribution in [0.5, 0.6) is 5.75 Å². The lowest BCUT2D eigenvalue weighted by Crippen LogP contribution is -2.20. The van der Waals surface area contributed by atoms with Gasteiger partial charge in [-0.05, 0) is 36.8 Å². The van der Waals surface area contributed by atoms with Gasteiger partial charge in [-0.25, -0.2) is 0 Å². The second-order valence-corrected chi connectivity index (χ2v) is 6.23. The predicted octanol–water partition coefficient (Wildman–Crippen LogP) is 4.07. The highest BCUT2D eigenvalue weighted by Gasteiger charge is 2.34. The van der Waals surface area contributed by atoms with Gasteiger partial charge in [0.25, 0.3) is 0 Å². The van der Waals surface area contributed by atoms with E-state index in [0.29, 0.717) is 22.4 Å². The fourth-order valence-electron chi connectivity index (χ4n) is 3.26. The summed E-state index contributed by atoms with van der Waals surface area (Å²) in [6, 6.07) is 17.9. The molecule has 3 N–H and O–H groups in total. The first-order valence-electron chi connectivity index (χ1n) is 8.07. The molecule has 4 rings (SSSR count). The first kappa shape index (κ1) is 15.4. The van der Waals surface area contributed by atoms with Crippen LogP contribution in [0.25, 0.3) is 0 Å². The van der Waals surface area contributed by atoms with E-state index < -0.39 is 6.10 Å². The van der Waals surface area contributed by atoms with Gasteiger partial charge >= 0.3 is 0 Å². The molecule has 1 unspecified atom stereocenters. The van der Waals surface area contributed by atoms with Crippen molar-refractivity contribution >= 4 is 17.2 Å². The lowest BCUT2D eigenvalue weighted by molar-refractivity contribution is 0.101. The molecule has 25 heavy (non-hydrogen) atoms. The van der Waals surface area contributed by atoms with E-state index in [2.05, 4.69) is 5.32 Å². The number of anilines is 2. The molecule has 3 aromatic carbocycles. The van der Waals surface area contributed by atoms with Crippen LogP contribution < -0.4 is 5.32 Å². The van der Waals surface area contributed by atoms with Crippen LogP contribution >= 0.6 is 0 Å². The number of hydrogen-bond donors (Lipinski definition) is 3. The van der Waals surface area contributed by atoms with Crippen molar-refractivity contribution in [2.24, 2.45) is 0 Å². The molecule has 0 heterocycles. The van der Waals surface area contributed by atoms with Gasteiger partial charge in [0.1, 0.15) is 11.9 Å². The number of phenolic OH excluding ortho intramolecular Hbond substituents is 1. The topological polar surface area (TPSA) is 69.6 Å². The Morgan fingerprint density at radius 1 is 0.960 bits per heavy atom. The van der Waals surface area contributed by atoms with E-state index in [-0.39, 0.29) is 17.1 Å². The molecule has 0 bridgehead atoms. The first-order chi connectivity index (χ1) is 12.1. The summed E-state index contributed by atoms with van der Waals surface area (Å²) in [7, 11) is 0. The van der Waals surface area contributed by atoms with Crippen molar-refractivity contribution in [2.75, 3.05) is 5.32 Å². The van der Waals surface area contributed by atoms with Gasteiger partial charge in [0.15, 0.2) is 5.78 Å². The molecule has 124 valence electrons. The fourth-order valence-corrected chi connectivity index (χ4v) is 3.26. The Kier molecular flexibility index (Phi) is 3.55. The maximum Gasteiger partial charge on any atom is 0.197 e. The van der Waals surface area contributed by atoms with Gasteiger partial charge in [0.2, 0.25) is 0 Å². The number of phenols is 1. The van der Waals surface area contributed by atoms with Crippen LogP contribution in [0.4, 0.5) is 11.4 Å². The summed E-state index contributed by atoms with van der Waals surface area (Å²) in [5.74, 6) is -0.399. The molecule has 0 saturated carbocycles. The summed E-state index contributed by atoms with van der Waals surface area (Å²) < 4.78 is 0. The first-order valence-corrected chi connectivity index (χ1v) is 8.07. The van der Waals surface area contributed by atoms with E-state index in [0.717, 1.165) is 11.3 Å². The third kappa shape index (κ3) is 2.47. The molecule has 0 spiro atoms. The minimum absolute atomic E-state index is 0.122. The molecule has 0 aromatic heterocycles. The Labute approximate surface area is 145 Å². The van der Waals surface area contributed by atoms with E-state index in [9.17, 15) is 15.0 Å². The van der Waals surface area contributed by atoms with Crippen molar-refractivity contribution < 1.29 is 15.0 Å². The predicted molar refractivity (Wildman–Crippen MR) is 96.5 cm³/mol.